The summed E-state index contributed by atoms with van der Waals surface area (Å²) < 4.78 is 5.20. The summed E-state index contributed by atoms with van der Waals surface area (Å²) in [7, 11) is 1.48. The number of amidine groups is 1. The summed E-state index contributed by atoms with van der Waals surface area (Å²) in [5, 5.41) is 20.2. The average molecular weight is 540 g/mol. The van der Waals surface area contributed by atoms with Crippen molar-refractivity contribution < 1.29 is 14.6 Å². The third kappa shape index (κ3) is 4.66. The van der Waals surface area contributed by atoms with E-state index >= 15 is 0 Å². The molecule has 2 heterocycles. The van der Waals surface area contributed by atoms with Crippen LogP contribution in [-0.4, -0.2) is 34.0 Å². The summed E-state index contributed by atoms with van der Waals surface area (Å²) in [4.78, 5) is 17.7. The maximum absolute atomic E-state index is 12.9. The second kappa shape index (κ2) is 10.0. The molecule has 1 unspecified atom stereocenters. The Labute approximate surface area is 228 Å². The molecule has 188 valence electrons. The van der Waals surface area contributed by atoms with E-state index in [4.69, 9.17) is 21.4 Å². The lowest BCUT2D eigenvalue weighted by atomic mass is 9.97. The summed E-state index contributed by atoms with van der Waals surface area (Å²) >= 11 is 7.44. The van der Waals surface area contributed by atoms with Crippen LogP contribution < -0.4 is 4.74 Å². The van der Waals surface area contributed by atoms with Gasteiger partial charge in [0.2, 0.25) is 0 Å². The zero-order valence-electron chi connectivity index (χ0n) is 20.3. The van der Waals surface area contributed by atoms with E-state index < -0.39 is 0 Å². The molecule has 2 aliphatic heterocycles. The van der Waals surface area contributed by atoms with Crippen molar-refractivity contribution in [2.75, 3.05) is 7.11 Å². The number of hydrazone groups is 1. The first-order valence-electron chi connectivity index (χ1n) is 12.0. The van der Waals surface area contributed by atoms with Crippen molar-refractivity contribution in [1.29, 1.82) is 0 Å². The third-order valence-electron chi connectivity index (χ3n) is 6.55. The predicted octanol–water partition coefficient (Wildman–Crippen LogP) is 7.03. The second-order valence-corrected chi connectivity index (χ2v) is 10.4. The molecule has 0 saturated heterocycles. The molecular formula is C30H22ClN3O3S. The number of hydrogen-bond donors (Lipinski definition) is 1. The largest absolute Gasteiger partial charge is 0.504 e. The highest BCUT2D eigenvalue weighted by Crippen LogP contribution is 2.40. The van der Waals surface area contributed by atoms with Crippen LogP contribution in [0.15, 0.2) is 99.9 Å². The van der Waals surface area contributed by atoms with Gasteiger partial charge in [-0.2, -0.15) is 10.1 Å². The van der Waals surface area contributed by atoms with Crippen LogP contribution in [0.4, 0.5) is 0 Å². The number of phenols is 1. The van der Waals surface area contributed by atoms with Gasteiger partial charge in [-0.05, 0) is 75.6 Å². The van der Waals surface area contributed by atoms with Gasteiger partial charge in [-0.3, -0.25) is 4.79 Å². The number of phenolic OH excluding ortho intramolecular Hbond substituents is 1. The molecule has 0 fully saturated rings. The molecule has 0 radical (unpaired) electrons. The van der Waals surface area contributed by atoms with E-state index in [0.717, 1.165) is 27.8 Å². The van der Waals surface area contributed by atoms with Crippen LogP contribution in [0, 0.1) is 0 Å². The minimum absolute atomic E-state index is 0.0374. The van der Waals surface area contributed by atoms with Crippen molar-refractivity contribution in [3.05, 3.63) is 112 Å². The summed E-state index contributed by atoms with van der Waals surface area (Å²) in [6.45, 7) is 0. The normalized spacial score (nSPS) is 18.3. The fourth-order valence-corrected chi connectivity index (χ4v) is 5.65. The van der Waals surface area contributed by atoms with Gasteiger partial charge in [0.1, 0.15) is 0 Å². The van der Waals surface area contributed by atoms with E-state index in [-0.39, 0.29) is 17.7 Å². The van der Waals surface area contributed by atoms with Gasteiger partial charge in [0.15, 0.2) is 16.7 Å². The van der Waals surface area contributed by atoms with E-state index in [2.05, 4.69) is 35.3 Å². The average Bonchev–Trinajstić information content (AvgIpc) is 3.54. The van der Waals surface area contributed by atoms with Gasteiger partial charge in [-0.1, -0.05) is 66.2 Å². The highest BCUT2D eigenvalue weighted by atomic mass is 35.5. The molecule has 4 aromatic rings. The number of rotatable bonds is 4. The summed E-state index contributed by atoms with van der Waals surface area (Å²) in [6, 6.07) is 27.1. The molecule has 38 heavy (non-hydrogen) atoms. The molecule has 4 aromatic carbocycles. The minimum Gasteiger partial charge on any atom is -0.504 e. The Kier molecular flexibility index (Phi) is 6.39. The van der Waals surface area contributed by atoms with Crippen LogP contribution >= 0.6 is 23.4 Å². The van der Waals surface area contributed by atoms with E-state index in [1.165, 1.54) is 30.3 Å². The molecule has 0 spiro atoms. The van der Waals surface area contributed by atoms with Crippen molar-refractivity contribution in [3.63, 3.8) is 0 Å². The standard InChI is InChI=1S/C30H22ClN3O3S/c1-37-27-14-18(6-13-26(27)35)15-28-29(36)32-30(38-28)34-25(20-9-11-23(31)12-10-20)17-24(33-34)22-8-7-19-4-2-3-5-21(19)16-22/h2-16,25,35H,17H2,1H3/b28-15-. The second-order valence-electron chi connectivity index (χ2n) is 8.97. The van der Waals surface area contributed by atoms with Gasteiger partial charge in [-0.25, -0.2) is 5.01 Å². The number of methoxy groups -OCH3 is 1. The van der Waals surface area contributed by atoms with Crippen LogP contribution in [0.2, 0.25) is 5.02 Å². The number of amides is 1. The van der Waals surface area contributed by atoms with Crippen LogP contribution in [-0.2, 0) is 4.79 Å². The van der Waals surface area contributed by atoms with E-state index in [1.54, 1.807) is 18.2 Å². The zero-order chi connectivity index (χ0) is 26.2. The molecule has 1 N–H and O–H groups in total. The Morgan fingerprint density at radius 3 is 2.61 bits per heavy atom. The Hall–Kier alpha value is -4.07. The Balaban J connectivity index is 1.35. The number of aromatic hydroxyl groups is 1. The predicted molar refractivity (Wildman–Crippen MR) is 154 cm³/mol. The minimum atomic E-state index is -0.332. The zero-order valence-corrected chi connectivity index (χ0v) is 21.9. The lowest BCUT2D eigenvalue weighted by Gasteiger charge is -2.22. The first kappa shape index (κ1) is 24.3. The number of nitrogens with zero attached hydrogens (tertiary/aromatic N) is 3. The molecule has 0 bridgehead atoms. The van der Waals surface area contributed by atoms with Crippen LogP contribution in [0.1, 0.15) is 29.2 Å². The maximum Gasteiger partial charge on any atom is 0.286 e. The monoisotopic (exact) mass is 539 g/mol. The van der Waals surface area contributed by atoms with Crippen molar-refractivity contribution >= 4 is 57.0 Å². The first-order valence-corrected chi connectivity index (χ1v) is 13.2. The van der Waals surface area contributed by atoms with Gasteiger partial charge in [0.05, 0.1) is 23.8 Å². The number of hydrogen-bond acceptors (Lipinski definition) is 6. The van der Waals surface area contributed by atoms with Gasteiger partial charge < -0.3 is 9.84 Å². The topological polar surface area (TPSA) is 74.5 Å². The lowest BCUT2D eigenvalue weighted by molar-refractivity contribution is -0.113. The molecule has 6 rings (SSSR count). The molecule has 0 aromatic heterocycles. The van der Waals surface area contributed by atoms with E-state index in [1.807, 2.05) is 41.4 Å². The number of thioether (sulfide) groups is 1. The quantitative estimate of drug-likeness (QED) is 0.282. The van der Waals surface area contributed by atoms with E-state index in [0.29, 0.717) is 27.3 Å². The number of carbonyl (C=O) groups is 1. The Bertz CT molecular complexity index is 1660. The number of ether oxygens (including phenoxy) is 1. The number of halogens is 1. The Morgan fingerprint density at radius 1 is 1.03 bits per heavy atom. The third-order valence-corrected chi connectivity index (χ3v) is 7.78. The molecule has 2 aliphatic rings. The van der Waals surface area contributed by atoms with Crippen molar-refractivity contribution in [2.24, 2.45) is 10.1 Å². The number of aliphatic imine (C=N–C) groups is 1. The molecule has 1 atom stereocenters. The molecule has 0 aliphatic carbocycles. The van der Waals surface area contributed by atoms with Crippen LogP contribution in [0.25, 0.3) is 16.8 Å². The molecule has 1 amide bonds. The number of carbonyl (C=O) groups excluding carboxylic acids is 1. The van der Waals surface area contributed by atoms with Crippen molar-refractivity contribution in [3.8, 4) is 11.5 Å². The van der Waals surface area contributed by atoms with E-state index in [9.17, 15) is 9.90 Å². The SMILES string of the molecule is COc1cc(/C=C2\SC(N3N=C(c4ccc5ccccc5c4)CC3c3ccc(Cl)cc3)=NC2=O)ccc1O. The van der Waals surface area contributed by atoms with Gasteiger partial charge >= 0.3 is 0 Å². The van der Waals surface area contributed by atoms with Crippen LogP contribution in [0.5, 0.6) is 11.5 Å². The molecule has 8 heteroatoms. The highest BCUT2D eigenvalue weighted by Gasteiger charge is 2.36. The fraction of sp³-hybridized carbons (Fsp3) is 0.100. The molecule has 0 saturated carbocycles. The summed E-state index contributed by atoms with van der Waals surface area (Å²) in [6.07, 6.45) is 2.40. The summed E-state index contributed by atoms with van der Waals surface area (Å²) in [5.41, 5.74) is 3.72. The fourth-order valence-electron chi connectivity index (χ4n) is 4.61. The van der Waals surface area contributed by atoms with Gasteiger partial charge in [0, 0.05) is 11.4 Å². The number of fused-ring (bicyclic) bond motifs is 1. The van der Waals surface area contributed by atoms with Crippen LogP contribution in [0.3, 0.4) is 0 Å². The smallest absolute Gasteiger partial charge is 0.286 e. The van der Waals surface area contributed by atoms with Gasteiger partial charge in [-0.15, -0.1) is 0 Å². The van der Waals surface area contributed by atoms with Crippen molar-refractivity contribution in [2.45, 2.75) is 12.5 Å². The molecule has 6 nitrogen and oxygen atoms in total. The Morgan fingerprint density at radius 2 is 1.82 bits per heavy atom. The highest BCUT2D eigenvalue weighted by molar-refractivity contribution is 8.18. The number of benzene rings is 4. The lowest BCUT2D eigenvalue weighted by Crippen LogP contribution is -2.23. The summed E-state index contributed by atoms with van der Waals surface area (Å²) in [5.74, 6) is 0.0413. The molecular weight excluding hydrogens is 518 g/mol. The first-order chi connectivity index (χ1) is 18.5. The van der Waals surface area contributed by atoms with Crippen molar-refractivity contribution in [1.82, 2.24) is 5.01 Å². The van der Waals surface area contributed by atoms with Gasteiger partial charge in [0.25, 0.3) is 5.91 Å². The maximum atomic E-state index is 12.9.